The lowest BCUT2D eigenvalue weighted by Gasteiger charge is -2.08. The van der Waals surface area contributed by atoms with Crippen molar-refractivity contribution in [3.63, 3.8) is 0 Å². The smallest absolute Gasteiger partial charge is 0.224 e. The maximum absolute atomic E-state index is 5.82. The van der Waals surface area contributed by atoms with Crippen LogP contribution in [0.5, 0.6) is 5.75 Å². The number of anilines is 2. The Hall–Kier alpha value is -1.81. The molecule has 0 saturated carbocycles. The Bertz CT molecular complexity index is 523. The molecule has 1 heterocycles. The first kappa shape index (κ1) is 13.6. The normalized spacial score (nSPS) is 10.3. The fourth-order valence-electron chi connectivity index (χ4n) is 1.60. The molecule has 5 heteroatoms. The van der Waals surface area contributed by atoms with Gasteiger partial charge in [0.1, 0.15) is 11.6 Å². The van der Waals surface area contributed by atoms with E-state index in [2.05, 4.69) is 22.2 Å². The zero-order chi connectivity index (χ0) is 13.7. The van der Waals surface area contributed by atoms with Crippen molar-refractivity contribution in [2.24, 2.45) is 0 Å². The van der Waals surface area contributed by atoms with Crippen molar-refractivity contribution in [1.29, 1.82) is 0 Å². The second-order valence-electron chi connectivity index (χ2n) is 4.16. The molecule has 2 rings (SSSR count). The van der Waals surface area contributed by atoms with Gasteiger partial charge in [-0.15, -0.1) is 0 Å². The molecule has 0 aliphatic rings. The lowest BCUT2D eigenvalue weighted by Crippen LogP contribution is -1.97. The average molecular weight is 278 g/mol. The molecule has 2 aromatic rings. The number of hydrogen-bond acceptors (Lipinski definition) is 4. The van der Waals surface area contributed by atoms with Gasteiger partial charge in [0.15, 0.2) is 0 Å². The van der Waals surface area contributed by atoms with Crippen LogP contribution in [0.15, 0.2) is 30.3 Å². The van der Waals surface area contributed by atoms with Crippen molar-refractivity contribution >= 4 is 23.1 Å². The van der Waals surface area contributed by atoms with Crippen LogP contribution < -0.4 is 10.1 Å². The first-order valence-electron chi connectivity index (χ1n) is 6.18. The molecule has 1 aromatic heterocycles. The van der Waals surface area contributed by atoms with E-state index >= 15 is 0 Å². The van der Waals surface area contributed by atoms with E-state index in [0.29, 0.717) is 5.82 Å². The summed E-state index contributed by atoms with van der Waals surface area (Å²) in [5.74, 6) is 1.55. The van der Waals surface area contributed by atoms with E-state index in [0.717, 1.165) is 30.2 Å². The summed E-state index contributed by atoms with van der Waals surface area (Å²) in [4.78, 5) is 8.13. The van der Waals surface area contributed by atoms with Gasteiger partial charge in [-0.3, -0.25) is 0 Å². The number of hydrogen-bond donors (Lipinski definition) is 1. The third-order valence-electron chi connectivity index (χ3n) is 2.43. The Labute approximate surface area is 117 Å². The molecule has 100 valence electrons. The third-order valence-corrected chi connectivity index (χ3v) is 2.60. The molecule has 0 aliphatic carbocycles. The average Bonchev–Trinajstić information content (AvgIpc) is 2.37. The first-order valence-corrected chi connectivity index (χ1v) is 6.56. The quantitative estimate of drug-likeness (QED) is 0.840. The van der Waals surface area contributed by atoms with E-state index in [1.807, 2.05) is 37.3 Å². The lowest BCUT2D eigenvalue weighted by molar-refractivity contribution is 0.317. The molecule has 0 spiro atoms. The Kier molecular flexibility index (Phi) is 4.58. The Morgan fingerprint density at radius 1 is 1.21 bits per heavy atom. The monoisotopic (exact) mass is 277 g/mol. The Morgan fingerprint density at radius 2 is 1.95 bits per heavy atom. The summed E-state index contributed by atoms with van der Waals surface area (Å²) in [5, 5.41) is 3.42. The predicted molar refractivity (Wildman–Crippen MR) is 77.3 cm³/mol. The number of aromatic nitrogens is 2. The second kappa shape index (κ2) is 6.38. The topological polar surface area (TPSA) is 47.0 Å². The van der Waals surface area contributed by atoms with Gasteiger partial charge in [0, 0.05) is 17.4 Å². The van der Waals surface area contributed by atoms with Gasteiger partial charge < -0.3 is 10.1 Å². The van der Waals surface area contributed by atoms with Crippen molar-refractivity contribution in [2.45, 2.75) is 20.3 Å². The first-order chi connectivity index (χ1) is 9.17. The zero-order valence-corrected chi connectivity index (χ0v) is 11.7. The molecule has 0 aliphatic heterocycles. The molecule has 0 atom stereocenters. The van der Waals surface area contributed by atoms with Crippen molar-refractivity contribution in [2.75, 3.05) is 11.9 Å². The van der Waals surface area contributed by atoms with Crippen LogP contribution in [0.4, 0.5) is 11.5 Å². The molecule has 0 unspecified atom stereocenters. The number of benzene rings is 1. The van der Waals surface area contributed by atoms with Crippen molar-refractivity contribution in [3.8, 4) is 5.75 Å². The van der Waals surface area contributed by atoms with E-state index in [1.165, 1.54) is 0 Å². The van der Waals surface area contributed by atoms with E-state index in [4.69, 9.17) is 16.3 Å². The number of nitrogens with one attached hydrogen (secondary N) is 1. The maximum Gasteiger partial charge on any atom is 0.224 e. The number of ether oxygens (including phenoxy) is 1. The van der Waals surface area contributed by atoms with Crippen LogP contribution in [-0.2, 0) is 0 Å². The second-order valence-corrected chi connectivity index (χ2v) is 4.50. The van der Waals surface area contributed by atoms with Gasteiger partial charge >= 0.3 is 0 Å². The highest BCUT2D eigenvalue weighted by Crippen LogP contribution is 2.20. The minimum absolute atomic E-state index is 0.241. The van der Waals surface area contributed by atoms with Crippen molar-refractivity contribution < 1.29 is 4.74 Å². The number of halogens is 1. The highest BCUT2D eigenvalue weighted by molar-refractivity contribution is 6.28. The molecule has 0 saturated heterocycles. The van der Waals surface area contributed by atoms with E-state index in [1.54, 1.807) is 0 Å². The predicted octanol–water partition coefficient (Wildman–Crippen LogP) is 3.97. The molecule has 4 nitrogen and oxygen atoms in total. The van der Waals surface area contributed by atoms with Gasteiger partial charge in [0.25, 0.3) is 0 Å². The Morgan fingerprint density at radius 3 is 2.58 bits per heavy atom. The van der Waals surface area contributed by atoms with E-state index in [-0.39, 0.29) is 5.28 Å². The van der Waals surface area contributed by atoms with Crippen LogP contribution in [0.2, 0.25) is 5.28 Å². The summed E-state index contributed by atoms with van der Waals surface area (Å²) >= 11 is 5.82. The van der Waals surface area contributed by atoms with Gasteiger partial charge in [0.05, 0.1) is 6.61 Å². The van der Waals surface area contributed by atoms with Crippen LogP contribution in [0.25, 0.3) is 0 Å². The molecule has 19 heavy (non-hydrogen) atoms. The van der Waals surface area contributed by atoms with E-state index in [9.17, 15) is 0 Å². The van der Waals surface area contributed by atoms with Crippen LogP contribution in [0, 0.1) is 6.92 Å². The standard InChI is InChI=1S/C14H16ClN3O/c1-3-8-19-12-6-4-11(5-7-12)17-13-9-10(2)16-14(15)18-13/h4-7,9H,3,8H2,1-2H3,(H,16,17,18). The molecular weight excluding hydrogens is 262 g/mol. The number of aryl methyl sites for hydroxylation is 1. The minimum atomic E-state index is 0.241. The van der Waals surface area contributed by atoms with Crippen molar-refractivity contribution in [3.05, 3.63) is 41.3 Å². The van der Waals surface area contributed by atoms with E-state index < -0.39 is 0 Å². The molecule has 0 bridgehead atoms. The van der Waals surface area contributed by atoms with Gasteiger partial charge in [-0.2, -0.15) is 0 Å². The maximum atomic E-state index is 5.82. The highest BCUT2D eigenvalue weighted by Gasteiger charge is 2.01. The third kappa shape index (κ3) is 4.10. The fourth-order valence-corrected chi connectivity index (χ4v) is 1.82. The van der Waals surface area contributed by atoms with Crippen molar-refractivity contribution in [1.82, 2.24) is 9.97 Å². The minimum Gasteiger partial charge on any atom is -0.494 e. The van der Waals surface area contributed by atoms with Crippen LogP contribution in [0.1, 0.15) is 19.0 Å². The zero-order valence-electron chi connectivity index (χ0n) is 11.0. The molecule has 1 aromatic carbocycles. The van der Waals surface area contributed by atoms with Crippen LogP contribution in [-0.4, -0.2) is 16.6 Å². The molecule has 0 radical (unpaired) electrons. The van der Waals surface area contributed by atoms with Gasteiger partial charge in [-0.05, 0) is 49.2 Å². The van der Waals surface area contributed by atoms with Crippen LogP contribution >= 0.6 is 11.6 Å². The summed E-state index contributed by atoms with van der Waals surface area (Å²) in [5.41, 5.74) is 1.75. The molecule has 1 N–H and O–H groups in total. The van der Waals surface area contributed by atoms with Gasteiger partial charge in [-0.1, -0.05) is 6.92 Å². The largest absolute Gasteiger partial charge is 0.494 e. The van der Waals surface area contributed by atoms with Gasteiger partial charge in [-0.25, -0.2) is 9.97 Å². The number of nitrogens with zero attached hydrogens (tertiary/aromatic N) is 2. The molecule has 0 fully saturated rings. The number of rotatable bonds is 5. The molecule has 0 amide bonds. The van der Waals surface area contributed by atoms with Gasteiger partial charge in [0.2, 0.25) is 5.28 Å². The fraction of sp³-hybridized carbons (Fsp3) is 0.286. The summed E-state index contributed by atoms with van der Waals surface area (Å²) < 4.78 is 5.52. The summed E-state index contributed by atoms with van der Waals surface area (Å²) in [7, 11) is 0. The lowest BCUT2D eigenvalue weighted by atomic mass is 10.3. The van der Waals surface area contributed by atoms with Crippen LogP contribution in [0.3, 0.4) is 0 Å². The summed E-state index contributed by atoms with van der Waals surface area (Å²) in [6, 6.07) is 9.57. The SMILES string of the molecule is CCCOc1ccc(Nc2cc(C)nc(Cl)n2)cc1. The summed E-state index contributed by atoms with van der Waals surface area (Å²) in [6.07, 6.45) is 0.999. The Balaban J connectivity index is 2.06. The highest BCUT2D eigenvalue weighted by atomic mass is 35.5. The summed E-state index contributed by atoms with van der Waals surface area (Å²) in [6.45, 7) is 4.69. The molecular formula is C14H16ClN3O.